The maximum atomic E-state index is 11.9. The molecule has 0 saturated carbocycles. The first-order chi connectivity index (χ1) is 9.31. The van der Waals surface area contributed by atoms with Gasteiger partial charge in [-0.15, -0.1) is 0 Å². The average molecular weight is 253 g/mol. The van der Waals surface area contributed by atoms with E-state index in [1.165, 1.54) is 5.56 Å². The summed E-state index contributed by atoms with van der Waals surface area (Å²) in [5.41, 5.74) is 3.06. The quantitative estimate of drug-likeness (QED) is 0.913. The Hall–Kier alpha value is -2.29. The predicted octanol–water partition coefficient (Wildman–Crippen LogP) is 2.80. The maximum absolute atomic E-state index is 11.9. The lowest BCUT2D eigenvalue weighted by molar-refractivity contribution is -0.115. The Morgan fingerprint density at radius 3 is 2.84 bits per heavy atom. The van der Waals surface area contributed by atoms with Gasteiger partial charge in [-0.2, -0.15) is 0 Å². The molecule has 1 amide bonds. The minimum Gasteiger partial charge on any atom is -0.493 e. The highest BCUT2D eigenvalue weighted by molar-refractivity contribution is 5.92. The number of amides is 1. The second-order valence-corrected chi connectivity index (χ2v) is 4.63. The number of nitrogens with one attached hydrogen (secondary N) is 1. The molecule has 3 rings (SSSR count). The lowest BCUT2D eigenvalue weighted by Crippen LogP contribution is -2.14. The first-order valence-electron chi connectivity index (χ1n) is 6.41. The van der Waals surface area contributed by atoms with E-state index in [4.69, 9.17) is 4.74 Å². The smallest absolute Gasteiger partial charge is 0.228 e. The molecule has 0 unspecified atom stereocenters. The molecule has 0 radical (unpaired) electrons. The van der Waals surface area contributed by atoms with Gasteiger partial charge in [0, 0.05) is 12.1 Å². The Morgan fingerprint density at radius 1 is 1.16 bits per heavy atom. The van der Waals surface area contributed by atoms with E-state index >= 15 is 0 Å². The molecule has 0 spiro atoms. The molecule has 1 aliphatic rings. The van der Waals surface area contributed by atoms with E-state index in [0.717, 1.165) is 30.0 Å². The van der Waals surface area contributed by atoms with Gasteiger partial charge in [0.15, 0.2) is 0 Å². The fraction of sp³-hybridized carbons (Fsp3) is 0.188. The molecule has 1 heterocycles. The molecule has 0 aliphatic carbocycles. The maximum Gasteiger partial charge on any atom is 0.228 e. The molecule has 0 saturated heterocycles. The third-order valence-corrected chi connectivity index (χ3v) is 3.18. The first-order valence-corrected chi connectivity index (χ1v) is 6.41. The number of para-hydroxylation sites is 1. The minimum absolute atomic E-state index is 0.00469. The highest BCUT2D eigenvalue weighted by atomic mass is 16.5. The van der Waals surface area contributed by atoms with Crippen molar-refractivity contribution in [1.29, 1.82) is 0 Å². The van der Waals surface area contributed by atoms with Crippen LogP contribution >= 0.6 is 0 Å². The summed E-state index contributed by atoms with van der Waals surface area (Å²) in [5.74, 6) is 0.956. The van der Waals surface area contributed by atoms with Crippen molar-refractivity contribution in [3.8, 4) is 5.75 Å². The second kappa shape index (κ2) is 5.14. The fourth-order valence-corrected chi connectivity index (χ4v) is 2.26. The topological polar surface area (TPSA) is 38.3 Å². The van der Waals surface area contributed by atoms with Gasteiger partial charge in [0.2, 0.25) is 5.91 Å². The van der Waals surface area contributed by atoms with E-state index in [2.05, 4.69) is 11.4 Å². The Kier molecular flexibility index (Phi) is 3.19. The molecule has 2 aromatic carbocycles. The SMILES string of the molecule is O=C(Cc1ccc2c(c1)CCO2)Nc1ccccc1. The third kappa shape index (κ3) is 2.76. The van der Waals surface area contributed by atoms with Crippen LogP contribution in [-0.2, 0) is 17.6 Å². The third-order valence-electron chi connectivity index (χ3n) is 3.18. The number of carbonyl (C=O) groups is 1. The Bertz CT molecular complexity index is 593. The number of benzene rings is 2. The monoisotopic (exact) mass is 253 g/mol. The van der Waals surface area contributed by atoms with E-state index in [9.17, 15) is 4.79 Å². The molecule has 1 N–H and O–H groups in total. The normalized spacial score (nSPS) is 12.6. The average Bonchev–Trinajstić information content (AvgIpc) is 2.87. The summed E-state index contributed by atoms with van der Waals surface area (Å²) in [4.78, 5) is 11.9. The zero-order valence-electron chi connectivity index (χ0n) is 10.6. The summed E-state index contributed by atoms with van der Waals surface area (Å²) in [6.45, 7) is 0.745. The van der Waals surface area contributed by atoms with Gasteiger partial charge in [0.25, 0.3) is 0 Å². The molecule has 1 aliphatic heterocycles. The standard InChI is InChI=1S/C16H15NO2/c18-16(17-14-4-2-1-3-5-14)11-12-6-7-15-13(10-12)8-9-19-15/h1-7,10H,8-9,11H2,(H,17,18). The van der Waals surface area contributed by atoms with E-state index in [0.29, 0.717) is 6.42 Å². The second-order valence-electron chi connectivity index (χ2n) is 4.63. The summed E-state index contributed by atoms with van der Waals surface area (Å²) in [5, 5.41) is 2.89. The van der Waals surface area contributed by atoms with E-state index in [1.54, 1.807) is 0 Å². The van der Waals surface area contributed by atoms with Crippen molar-refractivity contribution >= 4 is 11.6 Å². The number of ether oxygens (including phenoxy) is 1. The largest absolute Gasteiger partial charge is 0.493 e. The Labute approximate surface area is 112 Å². The highest BCUT2D eigenvalue weighted by Gasteiger charge is 2.13. The zero-order chi connectivity index (χ0) is 13.1. The molecule has 0 bridgehead atoms. The molecule has 19 heavy (non-hydrogen) atoms. The number of hydrogen-bond acceptors (Lipinski definition) is 2. The van der Waals surface area contributed by atoms with Gasteiger partial charge in [-0.1, -0.05) is 30.3 Å². The van der Waals surface area contributed by atoms with Crippen LogP contribution in [0.4, 0.5) is 5.69 Å². The van der Waals surface area contributed by atoms with Gasteiger partial charge < -0.3 is 10.1 Å². The summed E-state index contributed by atoms with van der Waals surface area (Å²) < 4.78 is 5.45. The van der Waals surface area contributed by atoms with Crippen molar-refractivity contribution in [3.05, 3.63) is 59.7 Å². The summed E-state index contributed by atoms with van der Waals surface area (Å²) >= 11 is 0. The van der Waals surface area contributed by atoms with Crippen LogP contribution in [0.3, 0.4) is 0 Å². The van der Waals surface area contributed by atoms with Crippen LogP contribution in [0.2, 0.25) is 0 Å². The van der Waals surface area contributed by atoms with E-state index < -0.39 is 0 Å². The number of rotatable bonds is 3. The fourth-order valence-electron chi connectivity index (χ4n) is 2.26. The first kappa shape index (κ1) is 11.8. The number of hydrogen-bond donors (Lipinski definition) is 1. The summed E-state index contributed by atoms with van der Waals surface area (Å²) in [7, 11) is 0. The molecular weight excluding hydrogens is 238 g/mol. The molecule has 96 valence electrons. The predicted molar refractivity (Wildman–Crippen MR) is 74.4 cm³/mol. The lowest BCUT2D eigenvalue weighted by Gasteiger charge is -2.06. The molecular formula is C16H15NO2. The number of carbonyl (C=O) groups excluding carboxylic acids is 1. The van der Waals surface area contributed by atoms with Gasteiger partial charge in [-0.3, -0.25) is 4.79 Å². The van der Waals surface area contributed by atoms with Crippen molar-refractivity contribution in [3.63, 3.8) is 0 Å². The van der Waals surface area contributed by atoms with E-state index in [-0.39, 0.29) is 5.91 Å². The molecule has 2 aromatic rings. The van der Waals surface area contributed by atoms with Crippen molar-refractivity contribution in [1.82, 2.24) is 0 Å². The van der Waals surface area contributed by atoms with Gasteiger partial charge in [0.1, 0.15) is 5.75 Å². The Morgan fingerprint density at radius 2 is 2.00 bits per heavy atom. The molecule has 0 fully saturated rings. The highest BCUT2D eigenvalue weighted by Crippen LogP contribution is 2.26. The summed E-state index contributed by atoms with van der Waals surface area (Å²) in [6.07, 6.45) is 1.33. The van der Waals surface area contributed by atoms with Crippen LogP contribution in [0.1, 0.15) is 11.1 Å². The van der Waals surface area contributed by atoms with Crippen molar-refractivity contribution in [2.75, 3.05) is 11.9 Å². The molecule has 0 atom stereocenters. The van der Waals surface area contributed by atoms with Crippen molar-refractivity contribution < 1.29 is 9.53 Å². The van der Waals surface area contributed by atoms with Gasteiger partial charge in [0.05, 0.1) is 13.0 Å². The van der Waals surface area contributed by atoms with Crippen LogP contribution in [0.25, 0.3) is 0 Å². The number of anilines is 1. The van der Waals surface area contributed by atoms with Crippen LogP contribution in [-0.4, -0.2) is 12.5 Å². The van der Waals surface area contributed by atoms with Crippen LogP contribution in [0.5, 0.6) is 5.75 Å². The lowest BCUT2D eigenvalue weighted by atomic mass is 10.1. The van der Waals surface area contributed by atoms with E-state index in [1.807, 2.05) is 42.5 Å². The molecule has 3 nitrogen and oxygen atoms in total. The summed E-state index contributed by atoms with van der Waals surface area (Å²) in [6, 6.07) is 15.5. The number of fused-ring (bicyclic) bond motifs is 1. The van der Waals surface area contributed by atoms with Gasteiger partial charge in [-0.05, 0) is 29.3 Å². The van der Waals surface area contributed by atoms with Crippen molar-refractivity contribution in [2.24, 2.45) is 0 Å². The van der Waals surface area contributed by atoms with Gasteiger partial charge >= 0.3 is 0 Å². The minimum atomic E-state index is 0.00469. The van der Waals surface area contributed by atoms with Crippen LogP contribution in [0.15, 0.2) is 48.5 Å². The van der Waals surface area contributed by atoms with Crippen molar-refractivity contribution in [2.45, 2.75) is 12.8 Å². The van der Waals surface area contributed by atoms with Crippen LogP contribution in [0, 0.1) is 0 Å². The van der Waals surface area contributed by atoms with Crippen LogP contribution < -0.4 is 10.1 Å². The molecule has 3 heteroatoms. The Balaban J connectivity index is 1.66. The zero-order valence-corrected chi connectivity index (χ0v) is 10.6. The molecule has 0 aromatic heterocycles. The van der Waals surface area contributed by atoms with Gasteiger partial charge in [-0.25, -0.2) is 0 Å².